The van der Waals surface area contributed by atoms with Crippen molar-refractivity contribution in [2.45, 2.75) is 50.0 Å². The molecule has 7 rings (SSSR count). The van der Waals surface area contributed by atoms with Gasteiger partial charge in [0.05, 0.1) is 62.4 Å². The molecule has 4 aliphatic rings. The van der Waals surface area contributed by atoms with E-state index in [2.05, 4.69) is 37.2 Å². The van der Waals surface area contributed by atoms with Crippen LogP contribution in [0.5, 0.6) is 0 Å². The van der Waals surface area contributed by atoms with E-state index in [9.17, 15) is 19.5 Å². The van der Waals surface area contributed by atoms with Gasteiger partial charge in [-0.25, -0.2) is 4.98 Å². The molecule has 0 bridgehead atoms. The van der Waals surface area contributed by atoms with Crippen LogP contribution in [0.3, 0.4) is 0 Å². The molecule has 1 unspecified atom stereocenters. The second-order valence-electron chi connectivity index (χ2n) is 14.9. The molecule has 3 aromatic rings. The molecule has 1 aromatic carbocycles. The fourth-order valence-electron chi connectivity index (χ4n) is 7.14. The van der Waals surface area contributed by atoms with Gasteiger partial charge in [0, 0.05) is 81.8 Å². The molecule has 2 amide bonds. The molecule has 3 fully saturated rings. The Labute approximate surface area is 342 Å². The molecule has 7 N–H and O–H groups in total. The average Bonchev–Trinajstić information content (AvgIpc) is 3.72. The van der Waals surface area contributed by atoms with E-state index >= 15 is 0 Å². The van der Waals surface area contributed by atoms with E-state index in [0.717, 1.165) is 73.8 Å². The third-order valence-corrected chi connectivity index (χ3v) is 10.4. The fourth-order valence-corrected chi connectivity index (χ4v) is 7.14. The van der Waals surface area contributed by atoms with Crippen molar-refractivity contribution in [3.63, 3.8) is 0 Å². The molecule has 2 aromatic heterocycles. The van der Waals surface area contributed by atoms with E-state index in [1.54, 1.807) is 55.6 Å². The van der Waals surface area contributed by atoms with Gasteiger partial charge < -0.3 is 46.6 Å². The largest absolute Gasteiger partial charge is 0.513 e. The van der Waals surface area contributed by atoms with Crippen molar-refractivity contribution in [3.8, 4) is 11.1 Å². The Hall–Kier alpha value is -5.45. The molecule has 1 atom stereocenters. The van der Waals surface area contributed by atoms with Crippen molar-refractivity contribution in [1.29, 1.82) is 0 Å². The highest BCUT2D eigenvalue weighted by molar-refractivity contribution is 6.39. The summed E-state index contributed by atoms with van der Waals surface area (Å²) in [5, 5.41) is 19.2. The predicted octanol–water partition coefficient (Wildman–Crippen LogP) is 2.55. The molecule has 16 nitrogen and oxygen atoms in total. The maximum atomic E-state index is 13.0. The highest BCUT2D eigenvalue weighted by Gasteiger charge is 2.42. The van der Waals surface area contributed by atoms with Crippen LogP contribution in [0.25, 0.3) is 11.1 Å². The zero-order valence-electron chi connectivity index (χ0n) is 34.1. The number of aliphatic imine (C=N–C) groups is 1. The summed E-state index contributed by atoms with van der Waals surface area (Å²) < 4.78 is 6.24. The number of rotatable bonds is 10. The number of hydrogen-bond acceptors (Lipinski definition) is 12. The van der Waals surface area contributed by atoms with Gasteiger partial charge >= 0.3 is 0 Å². The van der Waals surface area contributed by atoms with E-state index in [1.165, 1.54) is 6.08 Å². The third-order valence-electron chi connectivity index (χ3n) is 10.4. The van der Waals surface area contributed by atoms with Crippen molar-refractivity contribution in [3.05, 3.63) is 82.9 Å². The van der Waals surface area contributed by atoms with Gasteiger partial charge in [0.25, 0.3) is 11.8 Å². The number of nitrogens with one attached hydrogen (secondary N) is 2. The monoisotopic (exact) mass is 789 g/mol. The van der Waals surface area contributed by atoms with Gasteiger partial charge in [0.15, 0.2) is 0 Å². The van der Waals surface area contributed by atoms with Gasteiger partial charge in [0.2, 0.25) is 0 Å². The molecule has 58 heavy (non-hydrogen) atoms. The Morgan fingerprint density at radius 3 is 2.34 bits per heavy atom. The zero-order valence-corrected chi connectivity index (χ0v) is 34.1. The van der Waals surface area contributed by atoms with Crippen molar-refractivity contribution in [2.75, 3.05) is 71.8 Å². The SMILES string of the molecule is CNC.COC.[B]C([B])(c1cccc(C(=O)N2CCCC2)n1)N1CC(n2ncc3c2C(C)N(C)c2c(NC(=C/C(N)=NC(=O)C4CC4)/C(N)=C\O)cc(C=O)cc2-3)C1. The minimum absolute atomic E-state index is 0.0483. The number of aldehydes is 1. The number of pyridine rings is 1. The van der Waals surface area contributed by atoms with Gasteiger partial charge in [-0.1, -0.05) is 6.07 Å². The molecular weight excluding hydrogens is 736 g/mol. The molecule has 4 radical (unpaired) electrons. The first-order valence-corrected chi connectivity index (χ1v) is 19.2. The molecule has 304 valence electrons. The van der Waals surface area contributed by atoms with E-state index < -0.39 is 5.34 Å². The van der Waals surface area contributed by atoms with E-state index in [0.29, 0.717) is 35.7 Å². The summed E-state index contributed by atoms with van der Waals surface area (Å²) in [6.45, 7) is 4.48. The smallest absolute Gasteiger partial charge is 0.272 e. The summed E-state index contributed by atoms with van der Waals surface area (Å²) in [4.78, 5) is 51.8. The lowest BCUT2D eigenvalue weighted by Gasteiger charge is -2.50. The minimum Gasteiger partial charge on any atom is -0.513 e. The van der Waals surface area contributed by atoms with Crippen LogP contribution in [0.15, 0.2) is 65.3 Å². The standard InChI is InChI=1S/C36H40B2N10O4.C2H7N.C2H6O/c1-20-32-25(15-41-48(32)23-16-47(17-23)36(37,38)30-7-5-6-27(43-30)35(52)46-10-3-4-11-46)24-12-21(18-49)13-29(33(24)45(20)2)42-28(26(39)19-50)14-31(40)44-34(51)22-8-9-22;2*1-3-2/h5-7,12-15,18-20,22-23,42,50H,3-4,8-11,16-17,39H2,1-2H3,(H2,40,44,51);3H,1-2H3;1-2H3/b26-19+,28-14+;;. The number of ether oxygens (including phenoxy) is 1. The van der Waals surface area contributed by atoms with E-state index in [4.69, 9.17) is 32.3 Å². The number of carbonyl (C=O) groups excluding carboxylic acids is 3. The number of fused-ring (bicyclic) bond motifs is 3. The van der Waals surface area contributed by atoms with Crippen LogP contribution in [0.1, 0.15) is 76.9 Å². The molecule has 1 aliphatic carbocycles. The van der Waals surface area contributed by atoms with Crippen LogP contribution in [0.2, 0.25) is 0 Å². The molecule has 5 heterocycles. The summed E-state index contributed by atoms with van der Waals surface area (Å²) in [7, 11) is 22.3. The third kappa shape index (κ3) is 9.30. The van der Waals surface area contributed by atoms with E-state index in [1.807, 2.05) is 30.7 Å². The molecule has 18 heteroatoms. The lowest BCUT2D eigenvalue weighted by molar-refractivity contribution is -0.118. The lowest BCUT2D eigenvalue weighted by atomic mass is 9.57. The van der Waals surface area contributed by atoms with Gasteiger partial charge in [-0.05, 0) is 76.3 Å². The first kappa shape index (κ1) is 43.7. The van der Waals surface area contributed by atoms with Crippen molar-refractivity contribution >= 4 is 51.0 Å². The van der Waals surface area contributed by atoms with Crippen LogP contribution in [-0.4, -0.2) is 131 Å². The fraction of sp³-hybridized carbons (Fsp3) is 0.450. The van der Waals surface area contributed by atoms with Crippen molar-refractivity contribution in [1.82, 2.24) is 29.9 Å². The number of nitrogens with zero attached hydrogens (tertiary/aromatic N) is 7. The highest BCUT2D eigenvalue weighted by Crippen LogP contribution is 2.49. The Bertz CT molecular complexity index is 2070. The van der Waals surface area contributed by atoms with Crippen LogP contribution in [0, 0.1) is 5.92 Å². The summed E-state index contributed by atoms with van der Waals surface area (Å²) in [5.41, 5.74) is 17.3. The molecule has 1 saturated carbocycles. The first-order valence-electron chi connectivity index (χ1n) is 19.2. The Morgan fingerprint density at radius 2 is 1.74 bits per heavy atom. The second kappa shape index (κ2) is 18.9. The number of carbonyl (C=O) groups is 3. The number of likely N-dealkylation sites (tertiary alicyclic amines) is 2. The summed E-state index contributed by atoms with van der Waals surface area (Å²) in [6.07, 6.45) is 8.17. The number of hydrogen-bond donors (Lipinski definition) is 5. The zero-order chi connectivity index (χ0) is 42.3. The van der Waals surface area contributed by atoms with Crippen LogP contribution < -0.4 is 27.0 Å². The minimum atomic E-state index is -1.41. The average molecular weight is 790 g/mol. The number of aromatic nitrogens is 3. The van der Waals surface area contributed by atoms with Crippen LogP contribution in [-0.2, 0) is 14.9 Å². The van der Waals surface area contributed by atoms with Crippen molar-refractivity contribution in [2.24, 2.45) is 22.4 Å². The number of amides is 2. The van der Waals surface area contributed by atoms with Crippen LogP contribution >= 0.6 is 0 Å². The number of aliphatic hydroxyl groups is 1. The number of amidine groups is 1. The normalized spacial score (nSPS) is 18.5. The maximum absolute atomic E-state index is 13.0. The van der Waals surface area contributed by atoms with Gasteiger partial charge in [0.1, 0.15) is 24.1 Å². The Morgan fingerprint density at radius 1 is 1.09 bits per heavy atom. The first-order chi connectivity index (χ1) is 27.7. The van der Waals surface area contributed by atoms with Gasteiger partial charge in [-0.15, -0.1) is 0 Å². The Balaban J connectivity index is 0.00000101. The van der Waals surface area contributed by atoms with Gasteiger partial charge in [-0.2, -0.15) is 10.1 Å². The molecule has 2 saturated heterocycles. The lowest BCUT2D eigenvalue weighted by Crippen LogP contribution is -2.60. The number of benzene rings is 1. The summed E-state index contributed by atoms with van der Waals surface area (Å²) in [5.74, 6) is -0.598. The quantitative estimate of drug-likeness (QED) is 0.0501. The van der Waals surface area contributed by atoms with E-state index in [-0.39, 0.29) is 47.0 Å². The number of methoxy groups -OCH3 is 1. The van der Waals surface area contributed by atoms with Crippen LogP contribution in [0.4, 0.5) is 11.4 Å². The summed E-state index contributed by atoms with van der Waals surface area (Å²) in [6, 6.07) is 8.46. The summed E-state index contributed by atoms with van der Waals surface area (Å²) >= 11 is 0. The number of aliphatic hydroxyl groups excluding tert-OH is 1. The molecule has 0 spiro atoms. The number of anilines is 2. The maximum Gasteiger partial charge on any atom is 0.272 e. The molecular formula is C40H53B2N11O5. The Kier molecular flexibility index (Phi) is 14.2. The molecule has 3 aliphatic heterocycles. The second-order valence-corrected chi connectivity index (χ2v) is 14.9. The predicted molar refractivity (Wildman–Crippen MR) is 227 cm³/mol. The van der Waals surface area contributed by atoms with Crippen molar-refractivity contribution < 1.29 is 24.2 Å². The topological polar surface area (TPSA) is 210 Å². The highest BCUT2D eigenvalue weighted by atomic mass is 16.4. The van der Waals surface area contributed by atoms with Gasteiger partial charge in [-0.3, -0.25) is 19.1 Å². The number of nitrogens with two attached hydrogens (primary N) is 2.